The summed E-state index contributed by atoms with van der Waals surface area (Å²) in [6.45, 7) is 6.37. The quantitative estimate of drug-likeness (QED) is 0.869. The zero-order valence-electron chi connectivity index (χ0n) is 11.6. The zero-order valence-corrected chi connectivity index (χ0v) is 11.6. The number of likely N-dealkylation sites (tertiary alicyclic amines) is 1. The summed E-state index contributed by atoms with van der Waals surface area (Å²) in [5.41, 5.74) is 5.52. The molecule has 4 nitrogen and oxygen atoms in total. The predicted molar refractivity (Wildman–Crippen MR) is 72.4 cm³/mol. The van der Waals surface area contributed by atoms with Gasteiger partial charge >= 0.3 is 0 Å². The second-order valence-corrected chi connectivity index (χ2v) is 5.44. The van der Waals surface area contributed by atoms with Crippen LogP contribution in [0.3, 0.4) is 0 Å². The molecule has 1 fully saturated rings. The Morgan fingerprint density at radius 3 is 3.06 bits per heavy atom. The lowest BCUT2D eigenvalue weighted by atomic mass is 9.98. The van der Waals surface area contributed by atoms with Crippen LogP contribution in [0.5, 0.6) is 0 Å². The first-order chi connectivity index (χ1) is 8.70. The van der Waals surface area contributed by atoms with Crippen LogP contribution in [0.1, 0.15) is 44.8 Å². The molecule has 1 aliphatic heterocycles. The minimum atomic E-state index is 0.586. The number of piperidine rings is 1. The van der Waals surface area contributed by atoms with Crippen molar-refractivity contribution in [2.24, 2.45) is 5.73 Å². The van der Waals surface area contributed by atoms with E-state index < -0.39 is 0 Å². The molecule has 18 heavy (non-hydrogen) atoms. The highest BCUT2D eigenvalue weighted by Gasteiger charge is 2.25. The third-order valence-corrected chi connectivity index (χ3v) is 3.74. The van der Waals surface area contributed by atoms with Crippen LogP contribution in [0.15, 0.2) is 10.6 Å². The topological polar surface area (TPSA) is 55.3 Å². The fraction of sp³-hybridized carbons (Fsp3) is 0.786. The summed E-state index contributed by atoms with van der Waals surface area (Å²) in [7, 11) is 0. The van der Waals surface area contributed by atoms with Gasteiger partial charge < -0.3 is 10.2 Å². The van der Waals surface area contributed by atoms with Crippen molar-refractivity contribution in [3.05, 3.63) is 17.8 Å². The van der Waals surface area contributed by atoms with Crippen molar-refractivity contribution in [1.82, 2.24) is 9.88 Å². The largest absolute Gasteiger partial charge is 0.446 e. The number of oxazole rings is 1. The van der Waals surface area contributed by atoms with E-state index in [2.05, 4.69) is 23.7 Å². The molecule has 2 N–H and O–H groups in total. The Balaban J connectivity index is 1.97. The van der Waals surface area contributed by atoms with Gasteiger partial charge in [0.25, 0.3) is 0 Å². The Bertz CT molecular complexity index is 362. The number of aromatic nitrogens is 1. The molecule has 2 rings (SSSR count). The van der Waals surface area contributed by atoms with Gasteiger partial charge in [-0.2, -0.15) is 0 Å². The Kier molecular flexibility index (Phi) is 4.78. The summed E-state index contributed by atoms with van der Waals surface area (Å²) in [5, 5.41) is 0. The summed E-state index contributed by atoms with van der Waals surface area (Å²) < 4.78 is 5.74. The molecule has 1 unspecified atom stereocenters. The molecule has 0 radical (unpaired) electrons. The number of nitrogens with two attached hydrogens (primary N) is 1. The third kappa shape index (κ3) is 3.33. The van der Waals surface area contributed by atoms with E-state index >= 15 is 0 Å². The number of hydrogen-bond acceptors (Lipinski definition) is 4. The van der Waals surface area contributed by atoms with Gasteiger partial charge in [-0.3, -0.25) is 4.90 Å². The summed E-state index contributed by atoms with van der Waals surface area (Å²) >= 11 is 0. The second-order valence-electron chi connectivity index (χ2n) is 5.44. The lowest BCUT2D eigenvalue weighted by Gasteiger charge is -2.38. The van der Waals surface area contributed by atoms with Gasteiger partial charge in [0.2, 0.25) is 0 Å². The fourth-order valence-electron chi connectivity index (χ4n) is 2.82. The smallest absolute Gasteiger partial charge is 0.195 e. The van der Waals surface area contributed by atoms with E-state index in [4.69, 9.17) is 10.2 Å². The van der Waals surface area contributed by atoms with Crippen molar-refractivity contribution in [3.63, 3.8) is 0 Å². The molecule has 2 heterocycles. The number of rotatable bonds is 5. The molecule has 0 aromatic carbocycles. The van der Waals surface area contributed by atoms with Crippen molar-refractivity contribution in [2.75, 3.05) is 13.1 Å². The summed E-state index contributed by atoms with van der Waals surface area (Å²) in [5.74, 6) is 1.79. The maximum atomic E-state index is 5.74. The molecule has 0 amide bonds. The second kappa shape index (κ2) is 6.34. The molecule has 102 valence electrons. The molecular formula is C14H25N3O. The van der Waals surface area contributed by atoms with Gasteiger partial charge in [-0.15, -0.1) is 0 Å². The van der Waals surface area contributed by atoms with E-state index in [9.17, 15) is 0 Å². The third-order valence-electron chi connectivity index (χ3n) is 3.74. The van der Waals surface area contributed by atoms with Crippen molar-refractivity contribution in [1.29, 1.82) is 0 Å². The Labute approximate surface area is 110 Å². The molecule has 0 bridgehead atoms. The predicted octanol–water partition coefficient (Wildman–Crippen LogP) is 1.98. The van der Waals surface area contributed by atoms with Gasteiger partial charge in [0.15, 0.2) is 5.89 Å². The molecule has 0 spiro atoms. The van der Waals surface area contributed by atoms with Crippen LogP contribution in [0, 0.1) is 0 Å². The molecule has 0 saturated carbocycles. The van der Waals surface area contributed by atoms with Gasteiger partial charge in [0.1, 0.15) is 5.76 Å². The molecule has 1 saturated heterocycles. The van der Waals surface area contributed by atoms with Crippen LogP contribution in [0.25, 0.3) is 0 Å². The van der Waals surface area contributed by atoms with E-state index in [1.165, 1.54) is 25.8 Å². The van der Waals surface area contributed by atoms with Crippen LogP contribution in [0.2, 0.25) is 0 Å². The Morgan fingerprint density at radius 1 is 1.50 bits per heavy atom. The monoisotopic (exact) mass is 251 g/mol. The maximum absolute atomic E-state index is 5.74. The van der Waals surface area contributed by atoms with Crippen LogP contribution in [0.4, 0.5) is 0 Å². The van der Waals surface area contributed by atoms with Crippen molar-refractivity contribution >= 4 is 0 Å². The first-order valence-corrected chi connectivity index (χ1v) is 7.10. The van der Waals surface area contributed by atoms with Crippen LogP contribution in [-0.2, 0) is 12.8 Å². The van der Waals surface area contributed by atoms with Crippen LogP contribution < -0.4 is 5.73 Å². The van der Waals surface area contributed by atoms with E-state index in [0.717, 1.165) is 24.5 Å². The summed E-state index contributed by atoms with van der Waals surface area (Å²) in [6.07, 6.45) is 7.44. The molecule has 1 aromatic rings. The Morgan fingerprint density at radius 2 is 2.33 bits per heavy atom. The molecule has 4 heteroatoms. The van der Waals surface area contributed by atoms with Gasteiger partial charge in [0.05, 0.1) is 6.20 Å². The van der Waals surface area contributed by atoms with Crippen molar-refractivity contribution in [3.8, 4) is 0 Å². The number of nitrogens with zero attached hydrogens (tertiary/aromatic N) is 2. The first kappa shape index (κ1) is 13.6. The standard InChI is InChI=1S/C14H25N3O/c1-11(2)17-8-4-3-5-12(17)9-14-16-10-13(18-14)6-7-15/h10-12H,3-9,15H2,1-2H3. The van der Waals surface area contributed by atoms with Gasteiger partial charge in [-0.1, -0.05) is 6.42 Å². The first-order valence-electron chi connectivity index (χ1n) is 7.10. The number of hydrogen-bond donors (Lipinski definition) is 1. The zero-order chi connectivity index (χ0) is 13.0. The van der Waals surface area contributed by atoms with Gasteiger partial charge in [-0.25, -0.2) is 4.98 Å². The van der Waals surface area contributed by atoms with E-state index in [1.807, 2.05) is 6.20 Å². The lowest BCUT2D eigenvalue weighted by molar-refractivity contribution is 0.106. The molecule has 1 aliphatic rings. The average Bonchev–Trinajstić information content (AvgIpc) is 2.77. The highest BCUT2D eigenvalue weighted by molar-refractivity contribution is 4.97. The minimum absolute atomic E-state index is 0.586. The average molecular weight is 251 g/mol. The summed E-state index contributed by atoms with van der Waals surface area (Å²) in [4.78, 5) is 6.95. The van der Waals surface area contributed by atoms with E-state index in [-0.39, 0.29) is 0 Å². The van der Waals surface area contributed by atoms with Crippen LogP contribution in [-0.4, -0.2) is 35.1 Å². The maximum Gasteiger partial charge on any atom is 0.195 e. The Hall–Kier alpha value is -0.870. The van der Waals surface area contributed by atoms with Gasteiger partial charge in [0, 0.05) is 24.9 Å². The minimum Gasteiger partial charge on any atom is -0.446 e. The van der Waals surface area contributed by atoms with Crippen molar-refractivity contribution in [2.45, 2.75) is 58.0 Å². The normalized spacial score (nSPS) is 21.7. The SMILES string of the molecule is CC(C)N1CCCCC1Cc1ncc(CCN)o1. The fourth-order valence-corrected chi connectivity index (χ4v) is 2.82. The highest BCUT2D eigenvalue weighted by Crippen LogP contribution is 2.22. The molecular weight excluding hydrogens is 226 g/mol. The lowest BCUT2D eigenvalue weighted by Crippen LogP contribution is -2.45. The van der Waals surface area contributed by atoms with E-state index in [1.54, 1.807) is 0 Å². The summed E-state index contributed by atoms with van der Waals surface area (Å²) in [6, 6.07) is 1.19. The highest BCUT2D eigenvalue weighted by atomic mass is 16.4. The van der Waals surface area contributed by atoms with Crippen molar-refractivity contribution < 1.29 is 4.42 Å². The van der Waals surface area contributed by atoms with Crippen LogP contribution >= 0.6 is 0 Å². The molecule has 1 atom stereocenters. The van der Waals surface area contributed by atoms with Gasteiger partial charge in [-0.05, 0) is 39.8 Å². The molecule has 0 aliphatic carbocycles. The van der Waals surface area contributed by atoms with E-state index in [0.29, 0.717) is 18.6 Å². The molecule has 1 aromatic heterocycles.